The molecule has 0 aromatic carbocycles. The van der Waals surface area contributed by atoms with Gasteiger partial charge in [-0.2, -0.15) is 0 Å². The molecular weight excluding hydrogens is 733 g/mol. The van der Waals surface area contributed by atoms with Crippen LogP contribution in [0.3, 0.4) is 0 Å². The van der Waals surface area contributed by atoms with Crippen LogP contribution in [-0.4, -0.2) is 73.5 Å². The van der Waals surface area contributed by atoms with Crippen molar-refractivity contribution in [1.29, 1.82) is 0 Å². The first kappa shape index (κ1) is 53.8. The number of ether oxygens (including phenoxy) is 4. The normalized spacial score (nSPS) is 17.0. The summed E-state index contributed by atoms with van der Waals surface area (Å²) in [4.78, 5) is 51.4. The van der Waals surface area contributed by atoms with Gasteiger partial charge in [0.15, 0.2) is 0 Å². The molecule has 1 rings (SSSR count). The summed E-state index contributed by atoms with van der Waals surface area (Å²) in [6, 6.07) is -0.309. The Bertz CT molecular complexity index is 1030. The Morgan fingerprint density at radius 3 is 1.33 bits per heavy atom. The van der Waals surface area contributed by atoms with Gasteiger partial charge in [-0.3, -0.25) is 19.2 Å². The van der Waals surface area contributed by atoms with Crippen molar-refractivity contribution in [1.82, 2.24) is 10.6 Å². The number of carbonyl (C=O) groups is 4. The lowest BCUT2D eigenvalue weighted by Crippen LogP contribution is -2.36. The fourth-order valence-corrected chi connectivity index (χ4v) is 7.51. The van der Waals surface area contributed by atoms with Gasteiger partial charge in [0.2, 0.25) is 11.8 Å². The molecule has 2 unspecified atom stereocenters. The van der Waals surface area contributed by atoms with Crippen molar-refractivity contribution < 1.29 is 38.1 Å². The summed E-state index contributed by atoms with van der Waals surface area (Å²) >= 11 is 0. The van der Waals surface area contributed by atoms with E-state index in [4.69, 9.17) is 18.9 Å². The number of hydrogen-bond donors (Lipinski definition) is 2. The van der Waals surface area contributed by atoms with Gasteiger partial charge in [0, 0.05) is 58.2 Å². The molecule has 10 nitrogen and oxygen atoms in total. The smallest absolute Gasteiger partial charge is 0.306 e. The first-order valence-corrected chi connectivity index (χ1v) is 23.9. The quantitative estimate of drug-likeness (QED) is 0.0465. The molecule has 1 aliphatic rings. The highest BCUT2D eigenvalue weighted by Gasteiger charge is 2.40. The minimum absolute atomic E-state index is 0.0426. The number of nitrogens with one attached hydrogen (secondary N) is 2. The number of rotatable bonds is 38. The summed E-state index contributed by atoms with van der Waals surface area (Å²) in [7, 11) is 1.69. The number of unbranched alkanes of at least 4 members (excludes halogenated alkanes) is 20. The van der Waals surface area contributed by atoms with Gasteiger partial charge in [-0.1, -0.05) is 142 Å². The molecular formula is C48H90N2O8. The fraction of sp³-hybridized carbons (Fsp3) is 0.917. The molecule has 2 atom stereocenters. The minimum atomic E-state index is -0.596. The predicted molar refractivity (Wildman–Crippen MR) is 236 cm³/mol. The average molecular weight is 823 g/mol. The molecule has 0 radical (unpaired) electrons. The molecule has 2 N–H and O–H groups in total. The third-order valence-corrected chi connectivity index (χ3v) is 11.7. The van der Waals surface area contributed by atoms with E-state index in [0.717, 1.165) is 44.9 Å². The maximum atomic E-state index is 12.9. The Hall–Kier alpha value is -2.20. The summed E-state index contributed by atoms with van der Waals surface area (Å²) in [6.07, 6.45) is 28.3. The third kappa shape index (κ3) is 29.9. The van der Waals surface area contributed by atoms with E-state index in [1.165, 1.54) is 103 Å². The maximum Gasteiger partial charge on any atom is 0.306 e. The van der Waals surface area contributed by atoms with E-state index >= 15 is 0 Å². The van der Waals surface area contributed by atoms with Gasteiger partial charge in [-0.25, -0.2) is 0 Å². The van der Waals surface area contributed by atoms with Gasteiger partial charge in [-0.15, -0.1) is 0 Å². The second kappa shape index (κ2) is 33.5. The van der Waals surface area contributed by atoms with Crippen LogP contribution in [0.15, 0.2) is 0 Å². The number of amides is 2. The van der Waals surface area contributed by atoms with Gasteiger partial charge in [-0.05, 0) is 53.4 Å². The molecule has 58 heavy (non-hydrogen) atoms. The van der Waals surface area contributed by atoms with E-state index in [1.807, 2.05) is 27.7 Å². The van der Waals surface area contributed by atoms with E-state index in [9.17, 15) is 19.2 Å². The first-order chi connectivity index (χ1) is 27.8. The van der Waals surface area contributed by atoms with Crippen molar-refractivity contribution in [2.75, 3.05) is 20.3 Å². The zero-order valence-electron chi connectivity index (χ0n) is 38.6. The van der Waals surface area contributed by atoms with E-state index in [2.05, 4.69) is 24.5 Å². The van der Waals surface area contributed by atoms with Crippen LogP contribution in [0, 0.1) is 0 Å². The van der Waals surface area contributed by atoms with Crippen molar-refractivity contribution >= 4 is 23.8 Å². The Balaban J connectivity index is 2.51. The van der Waals surface area contributed by atoms with Crippen LogP contribution in [0.4, 0.5) is 0 Å². The van der Waals surface area contributed by atoms with E-state index in [1.54, 1.807) is 7.11 Å². The summed E-state index contributed by atoms with van der Waals surface area (Å²) in [5.74, 6) is -0.989. The second-order valence-corrected chi connectivity index (χ2v) is 18.3. The van der Waals surface area contributed by atoms with Crippen LogP contribution in [0.5, 0.6) is 0 Å². The second-order valence-electron chi connectivity index (χ2n) is 18.3. The Labute approximate surface area is 355 Å². The van der Waals surface area contributed by atoms with Crippen molar-refractivity contribution in [2.45, 2.75) is 264 Å². The molecule has 0 aromatic rings. The van der Waals surface area contributed by atoms with Crippen LogP contribution >= 0.6 is 0 Å². The molecule has 10 heteroatoms. The van der Waals surface area contributed by atoms with Crippen molar-refractivity contribution in [3.8, 4) is 0 Å². The van der Waals surface area contributed by atoms with Gasteiger partial charge in [0.05, 0.1) is 17.8 Å². The number of hydrogen-bond acceptors (Lipinski definition) is 8. The molecule has 0 aliphatic heterocycles. The molecule has 0 saturated heterocycles. The van der Waals surface area contributed by atoms with Gasteiger partial charge in [0.1, 0.15) is 12.2 Å². The molecule has 0 bridgehead atoms. The van der Waals surface area contributed by atoms with E-state index in [0.29, 0.717) is 45.3 Å². The van der Waals surface area contributed by atoms with E-state index in [-0.39, 0.29) is 48.2 Å². The molecule has 1 saturated carbocycles. The zero-order chi connectivity index (χ0) is 42.9. The van der Waals surface area contributed by atoms with Gasteiger partial charge in [0.25, 0.3) is 0 Å². The van der Waals surface area contributed by atoms with Crippen molar-refractivity contribution in [3.05, 3.63) is 0 Å². The average Bonchev–Trinajstić information content (AvgIpc) is 3.53. The summed E-state index contributed by atoms with van der Waals surface area (Å²) in [6.45, 7) is 13.5. The predicted octanol–water partition coefficient (Wildman–Crippen LogP) is 11.4. The number of esters is 2. The third-order valence-electron chi connectivity index (χ3n) is 11.7. The molecule has 340 valence electrons. The minimum Gasteiger partial charge on any atom is -0.458 e. The molecule has 1 aliphatic carbocycles. The molecule has 0 aromatic heterocycles. The Morgan fingerprint density at radius 1 is 0.517 bits per heavy atom. The summed E-state index contributed by atoms with van der Waals surface area (Å²) in [5, 5.41) is 5.92. The van der Waals surface area contributed by atoms with E-state index < -0.39 is 17.8 Å². The van der Waals surface area contributed by atoms with Gasteiger partial charge < -0.3 is 29.6 Å². The van der Waals surface area contributed by atoms with Crippen LogP contribution in [0.2, 0.25) is 0 Å². The monoisotopic (exact) mass is 823 g/mol. The SMILES string of the molecule is CCCCCCCCCCCCCC(=O)OC1CC(NC(=O)CCC(=O)NCCC(C)(C)OCCC(C)(C)OC)CC1OC(=O)CCCCCCCCCCCCC. The highest BCUT2D eigenvalue weighted by Crippen LogP contribution is 2.28. The maximum absolute atomic E-state index is 12.9. The topological polar surface area (TPSA) is 129 Å². The van der Waals surface area contributed by atoms with Gasteiger partial charge >= 0.3 is 11.9 Å². The van der Waals surface area contributed by atoms with Crippen molar-refractivity contribution in [3.63, 3.8) is 0 Å². The Morgan fingerprint density at radius 2 is 0.914 bits per heavy atom. The van der Waals surface area contributed by atoms with Crippen LogP contribution in [0.1, 0.15) is 234 Å². The van der Waals surface area contributed by atoms with Crippen LogP contribution in [0.25, 0.3) is 0 Å². The fourth-order valence-electron chi connectivity index (χ4n) is 7.51. The lowest BCUT2D eigenvalue weighted by molar-refractivity contribution is -0.165. The largest absolute Gasteiger partial charge is 0.458 e. The molecule has 0 spiro atoms. The number of methoxy groups -OCH3 is 1. The summed E-state index contributed by atoms with van der Waals surface area (Å²) < 4.78 is 23.3. The molecule has 0 heterocycles. The Kier molecular flexibility index (Phi) is 31.1. The zero-order valence-corrected chi connectivity index (χ0v) is 38.6. The first-order valence-electron chi connectivity index (χ1n) is 23.9. The van der Waals surface area contributed by atoms with Crippen LogP contribution in [-0.2, 0) is 38.1 Å². The van der Waals surface area contributed by atoms with Crippen LogP contribution < -0.4 is 10.6 Å². The number of carbonyl (C=O) groups excluding carboxylic acids is 4. The lowest BCUT2D eigenvalue weighted by Gasteiger charge is -2.29. The highest BCUT2D eigenvalue weighted by molar-refractivity contribution is 5.83. The highest BCUT2D eigenvalue weighted by atomic mass is 16.6. The standard InChI is InChI=1S/C48H90N2O8/c1-8-10-12-14-16-18-20-22-24-26-28-30-45(53)57-41-38-40(39-42(41)58-46(54)31-29-27-25-23-21-19-17-15-13-11-9-2)50-44(52)33-32-43(51)49-36-34-48(5,6)56-37-35-47(3,4)55-7/h40-42H,8-39H2,1-7H3,(H,49,51)(H,50,52). The molecule has 1 fully saturated rings. The summed E-state index contributed by atoms with van der Waals surface area (Å²) in [5.41, 5.74) is -0.658. The lowest BCUT2D eigenvalue weighted by atomic mass is 10.0. The van der Waals surface area contributed by atoms with Crippen molar-refractivity contribution in [2.24, 2.45) is 0 Å². The molecule has 2 amide bonds.